The first-order valence-electron chi connectivity index (χ1n) is 32.3. The molecule has 0 bridgehead atoms. The molecule has 0 radical (unpaired) electrons. The Hall–Kier alpha value is -9.37. The summed E-state index contributed by atoms with van der Waals surface area (Å²) in [5.74, 6) is -1.62. The van der Waals surface area contributed by atoms with E-state index < -0.39 is 149 Å². The average Bonchev–Trinajstić information content (AvgIpc) is 1.57. The molecule has 0 amide bonds. The van der Waals surface area contributed by atoms with E-state index in [4.69, 9.17) is 28.7 Å². The summed E-state index contributed by atoms with van der Waals surface area (Å²) in [4.78, 5) is 15.6. The Morgan fingerprint density at radius 1 is 0.324 bits per heavy atom. The molecule has 0 aliphatic carbocycles. The van der Waals surface area contributed by atoms with E-state index in [-0.39, 0.29) is 55.6 Å². The average molecular weight is 944 g/mol. The summed E-state index contributed by atoms with van der Waals surface area (Å²) in [6.45, 7) is 0. The van der Waals surface area contributed by atoms with E-state index >= 15 is 0 Å². The fourth-order valence-electron chi connectivity index (χ4n) is 10.5. The first-order chi connectivity index (χ1) is 43.6. The van der Waals surface area contributed by atoms with E-state index in [1.807, 2.05) is 59.2 Å². The van der Waals surface area contributed by atoms with Crippen molar-refractivity contribution in [2.45, 2.75) is 0 Å². The van der Waals surface area contributed by atoms with Gasteiger partial charge in [-0.25, -0.2) is 0 Å². The van der Waals surface area contributed by atoms with Crippen LogP contribution in [0.25, 0.3) is 142 Å². The smallest absolute Gasteiger partial charge is 0.240 e. The highest BCUT2D eigenvalue weighted by atomic mass is 32.1. The maximum absolute atomic E-state index is 9.71. The Kier molecular flexibility index (Phi) is 4.98. The van der Waals surface area contributed by atoms with Crippen molar-refractivity contribution >= 4 is 119 Å². The first kappa shape index (κ1) is 24.3. The normalized spacial score (nSPS) is 16.2. The Bertz CT molecular complexity index is 5790. The minimum atomic E-state index is -0.775. The van der Waals surface area contributed by atoms with Gasteiger partial charge < -0.3 is 9.13 Å². The van der Waals surface area contributed by atoms with E-state index in [0.29, 0.717) is 27.6 Å². The number of aromatic nitrogens is 7. The topological polar surface area (TPSA) is 58.4 Å². The SMILES string of the molecule is [2H]c1c([2H])c([2H])c2c(c1[2H])c1ccccc1n2-c1cccc(-n2c3ccccc3c3ccc4sc5ccccc5c4c32)c1-c1nc(-n2c3c([2H])c([2H])c([2H])c([2H])c3c3c([2H])c([2H])c([2H])c([2H])c32)nc(-n2c3c([2H])c([2H])c([2H])c([2H])c3c3c([2H])c([2H])c([2H])c([2H])c32)n1. The molecule has 0 N–H and O–H groups in total. The molecule has 7 nitrogen and oxygen atoms in total. The molecule has 16 aromatic rings. The van der Waals surface area contributed by atoms with Gasteiger partial charge >= 0.3 is 0 Å². The lowest BCUT2D eigenvalue weighted by molar-refractivity contribution is 0.891. The maximum atomic E-state index is 9.71. The third-order valence-corrected chi connectivity index (χ3v) is 14.4. The number of para-hydroxylation sites is 7. The molecule has 16 rings (SSSR count). The molecule has 0 aliphatic rings. The molecule has 0 atom stereocenters. The molecule has 0 saturated carbocycles. The van der Waals surface area contributed by atoms with Gasteiger partial charge in [-0.15, -0.1) is 11.3 Å². The molecule has 6 aromatic heterocycles. The molecule has 10 aromatic carbocycles. The number of hydrogen-bond acceptors (Lipinski definition) is 4. The number of nitrogens with zero attached hydrogens (tertiary/aromatic N) is 7. The standard InChI is InChI=1S/C63H37N7S/c1-9-26-47-38(18-1)39-19-2-10-27-48(39)67(47)54-33-17-34-55(68-49-28-11-7-24-44(49)45-36-37-57-58(60(45)68)46-25-8-16-35-56(46)71-57)59(54)61-64-62(69-50-29-12-3-20-40(50)41-21-4-13-30-51(41)69)66-63(65-61)70-52-31-14-5-22-42(52)43-23-6-15-32-53(43)70/h1-37H/i1D,3D,4D,5D,6D,9D,12D,13D,14D,15D,18D,20D,21D,22D,23D,26D,29D,30D,31D,32D. The van der Waals surface area contributed by atoms with Crippen LogP contribution in [0.3, 0.4) is 0 Å². The van der Waals surface area contributed by atoms with Gasteiger partial charge in [0.05, 0.1) is 88.5 Å². The zero-order chi connectivity index (χ0) is 63.7. The number of benzene rings is 10. The fraction of sp³-hybridized carbons (Fsp3) is 0. The molecule has 330 valence electrons. The molecular formula is C63H37N7S. The van der Waals surface area contributed by atoms with E-state index in [1.165, 1.54) is 0 Å². The summed E-state index contributed by atoms with van der Waals surface area (Å²) < 4.78 is 193. The highest BCUT2D eigenvalue weighted by Gasteiger charge is 2.28. The Balaban J connectivity index is 1.20. The molecule has 0 aliphatic heterocycles. The minimum Gasteiger partial charge on any atom is -0.308 e. The lowest BCUT2D eigenvalue weighted by atomic mass is 10.1. The zero-order valence-electron chi connectivity index (χ0n) is 56.4. The van der Waals surface area contributed by atoms with Crippen LogP contribution in [0.1, 0.15) is 27.4 Å². The van der Waals surface area contributed by atoms with Gasteiger partial charge in [-0.2, -0.15) is 15.0 Å². The minimum absolute atomic E-state index is 0.0253. The molecule has 8 heteroatoms. The predicted molar refractivity (Wildman–Crippen MR) is 296 cm³/mol. The van der Waals surface area contributed by atoms with Gasteiger partial charge in [-0.1, -0.05) is 157 Å². The Morgan fingerprint density at radius 3 is 1.32 bits per heavy atom. The second-order valence-electron chi connectivity index (χ2n) is 16.9. The van der Waals surface area contributed by atoms with Crippen molar-refractivity contribution < 1.29 is 27.4 Å². The number of hydrogen-bond donors (Lipinski definition) is 0. The van der Waals surface area contributed by atoms with Crippen LogP contribution in [-0.2, 0) is 0 Å². The van der Waals surface area contributed by atoms with Crippen LogP contribution in [-0.4, -0.2) is 33.2 Å². The third-order valence-electron chi connectivity index (χ3n) is 13.3. The Labute approximate surface area is 437 Å². The van der Waals surface area contributed by atoms with Crippen LogP contribution in [0, 0.1) is 0 Å². The van der Waals surface area contributed by atoms with Crippen LogP contribution in [0.15, 0.2) is 224 Å². The predicted octanol–water partition coefficient (Wildman–Crippen LogP) is 16.3. The monoisotopic (exact) mass is 943 g/mol. The van der Waals surface area contributed by atoms with Gasteiger partial charge in [0.15, 0.2) is 5.82 Å². The van der Waals surface area contributed by atoms with Gasteiger partial charge in [0.25, 0.3) is 0 Å². The molecule has 0 unspecified atom stereocenters. The first-order valence-corrected chi connectivity index (χ1v) is 23.1. The van der Waals surface area contributed by atoms with Crippen molar-refractivity contribution in [3.63, 3.8) is 0 Å². The number of thiophene rings is 1. The zero-order valence-corrected chi connectivity index (χ0v) is 37.2. The maximum Gasteiger partial charge on any atom is 0.240 e. The summed E-state index contributed by atoms with van der Waals surface area (Å²) in [5.41, 5.74) is 0.569. The molecule has 71 heavy (non-hydrogen) atoms. The third kappa shape index (κ3) is 5.34. The van der Waals surface area contributed by atoms with Crippen molar-refractivity contribution in [2.75, 3.05) is 0 Å². The lowest BCUT2D eigenvalue weighted by Gasteiger charge is -2.20. The molecule has 0 saturated heterocycles. The molecule has 0 spiro atoms. The number of rotatable bonds is 5. The van der Waals surface area contributed by atoms with Crippen LogP contribution >= 0.6 is 11.3 Å². The Morgan fingerprint density at radius 2 is 0.761 bits per heavy atom. The van der Waals surface area contributed by atoms with Crippen LogP contribution < -0.4 is 0 Å². The van der Waals surface area contributed by atoms with Gasteiger partial charge in [0.1, 0.15) is 0 Å². The summed E-state index contributed by atoms with van der Waals surface area (Å²) in [6, 6.07) is 18.3. The quantitative estimate of drug-likeness (QED) is 0.173. The van der Waals surface area contributed by atoms with Gasteiger partial charge in [-0.05, 0) is 66.6 Å². The molecule has 6 heterocycles. The van der Waals surface area contributed by atoms with Gasteiger partial charge in [-0.3, -0.25) is 9.13 Å². The van der Waals surface area contributed by atoms with Gasteiger partial charge in [0, 0.05) is 63.3 Å². The van der Waals surface area contributed by atoms with Crippen molar-refractivity contribution in [2.24, 2.45) is 0 Å². The molecular weight excluding hydrogens is 887 g/mol. The number of fused-ring (bicyclic) bond motifs is 16. The van der Waals surface area contributed by atoms with Crippen molar-refractivity contribution in [3.8, 4) is 34.7 Å². The highest BCUT2D eigenvalue weighted by molar-refractivity contribution is 7.26. The van der Waals surface area contributed by atoms with E-state index in [2.05, 4.69) is 6.07 Å². The second-order valence-corrected chi connectivity index (χ2v) is 17.9. The lowest BCUT2D eigenvalue weighted by Crippen LogP contribution is -2.12. The van der Waals surface area contributed by atoms with Gasteiger partial charge in [0.2, 0.25) is 11.9 Å². The van der Waals surface area contributed by atoms with Crippen LogP contribution in [0.5, 0.6) is 0 Å². The summed E-state index contributed by atoms with van der Waals surface area (Å²) in [7, 11) is 0. The summed E-state index contributed by atoms with van der Waals surface area (Å²) >= 11 is 1.58. The summed E-state index contributed by atoms with van der Waals surface area (Å²) in [5, 5.41) is 2.55. The van der Waals surface area contributed by atoms with Crippen molar-refractivity contribution in [1.29, 1.82) is 0 Å². The summed E-state index contributed by atoms with van der Waals surface area (Å²) in [6.07, 6.45) is 0. The molecule has 0 fully saturated rings. The van der Waals surface area contributed by atoms with E-state index in [9.17, 15) is 13.7 Å². The van der Waals surface area contributed by atoms with Crippen LogP contribution in [0.2, 0.25) is 0 Å². The fourth-order valence-corrected chi connectivity index (χ4v) is 11.6. The highest BCUT2D eigenvalue weighted by Crippen LogP contribution is 2.46. The van der Waals surface area contributed by atoms with E-state index in [0.717, 1.165) is 40.1 Å². The van der Waals surface area contributed by atoms with Crippen molar-refractivity contribution in [1.82, 2.24) is 33.2 Å². The van der Waals surface area contributed by atoms with E-state index in [1.54, 1.807) is 58.4 Å². The largest absolute Gasteiger partial charge is 0.308 e. The van der Waals surface area contributed by atoms with Crippen molar-refractivity contribution in [3.05, 3.63) is 224 Å². The van der Waals surface area contributed by atoms with Crippen LogP contribution in [0.4, 0.5) is 0 Å². The second kappa shape index (κ2) is 14.6.